The van der Waals surface area contributed by atoms with Gasteiger partial charge in [-0.1, -0.05) is 12.1 Å². The van der Waals surface area contributed by atoms with Crippen molar-refractivity contribution in [2.75, 3.05) is 12.3 Å². The van der Waals surface area contributed by atoms with Gasteiger partial charge in [-0.05, 0) is 19.1 Å². The molecule has 4 N–H and O–H groups in total. The first-order valence-corrected chi connectivity index (χ1v) is 5.96. The van der Waals surface area contributed by atoms with Crippen molar-refractivity contribution >= 4 is 16.6 Å². The van der Waals surface area contributed by atoms with Crippen molar-refractivity contribution in [3.05, 3.63) is 36.7 Å². The second kappa shape index (κ2) is 4.14. The average molecular weight is 241 g/mol. The number of H-pyrrole nitrogens is 2. The normalized spacial score (nSPS) is 10.9. The molecule has 0 radical (unpaired) electrons. The van der Waals surface area contributed by atoms with E-state index in [0.717, 1.165) is 33.6 Å². The summed E-state index contributed by atoms with van der Waals surface area (Å²) in [6.45, 7) is 2.64. The minimum Gasteiger partial charge on any atom is -0.492 e. The summed E-state index contributed by atoms with van der Waals surface area (Å²) < 4.78 is 5.61. The predicted molar refractivity (Wildman–Crippen MR) is 73.7 cm³/mol. The smallest absolute Gasteiger partial charge is 0.143 e. The Morgan fingerprint density at radius 3 is 2.83 bits per heavy atom. The average Bonchev–Trinajstić information content (AvgIpc) is 2.96. The topological polar surface area (TPSA) is 66.8 Å². The summed E-state index contributed by atoms with van der Waals surface area (Å²) in [5.41, 5.74) is 9.60. The van der Waals surface area contributed by atoms with Crippen LogP contribution >= 0.6 is 0 Å². The third-order valence-electron chi connectivity index (χ3n) is 2.97. The maximum absolute atomic E-state index is 5.74. The number of hydrogen-bond acceptors (Lipinski definition) is 2. The minimum atomic E-state index is 0.656. The van der Waals surface area contributed by atoms with Crippen LogP contribution in [0.3, 0.4) is 0 Å². The van der Waals surface area contributed by atoms with E-state index in [9.17, 15) is 0 Å². The van der Waals surface area contributed by atoms with Crippen LogP contribution in [0.25, 0.3) is 22.2 Å². The Balaban J connectivity index is 2.17. The zero-order valence-corrected chi connectivity index (χ0v) is 10.2. The number of hydrogen-bond donors (Lipinski definition) is 3. The van der Waals surface area contributed by atoms with Gasteiger partial charge in [0.1, 0.15) is 5.75 Å². The van der Waals surface area contributed by atoms with Gasteiger partial charge in [0.25, 0.3) is 0 Å². The molecule has 1 aromatic carbocycles. The second-order valence-corrected chi connectivity index (χ2v) is 4.16. The number of aromatic amines is 2. The molecule has 0 spiro atoms. The van der Waals surface area contributed by atoms with Crippen LogP contribution in [0.2, 0.25) is 0 Å². The molecule has 4 nitrogen and oxygen atoms in total. The molecular weight excluding hydrogens is 226 g/mol. The Labute approximate surface area is 105 Å². The fourth-order valence-corrected chi connectivity index (χ4v) is 2.19. The monoisotopic (exact) mass is 241 g/mol. The fourth-order valence-electron chi connectivity index (χ4n) is 2.19. The largest absolute Gasteiger partial charge is 0.492 e. The summed E-state index contributed by atoms with van der Waals surface area (Å²) in [7, 11) is 0. The van der Waals surface area contributed by atoms with E-state index in [-0.39, 0.29) is 0 Å². The molecule has 0 atom stereocenters. The Morgan fingerprint density at radius 1 is 1.22 bits per heavy atom. The first-order chi connectivity index (χ1) is 8.79. The van der Waals surface area contributed by atoms with Gasteiger partial charge in [0.15, 0.2) is 0 Å². The zero-order valence-electron chi connectivity index (χ0n) is 10.2. The van der Waals surface area contributed by atoms with Gasteiger partial charge in [-0.2, -0.15) is 0 Å². The number of aromatic nitrogens is 2. The lowest BCUT2D eigenvalue weighted by atomic mass is 10.1. The highest BCUT2D eigenvalue weighted by molar-refractivity contribution is 5.98. The lowest BCUT2D eigenvalue weighted by molar-refractivity contribution is 0.344. The number of para-hydroxylation sites is 1. The Morgan fingerprint density at radius 2 is 2.11 bits per heavy atom. The van der Waals surface area contributed by atoms with Gasteiger partial charge in [-0.3, -0.25) is 0 Å². The van der Waals surface area contributed by atoms with E-state index in [1.807, 2.05) is 31.3 Å². The molecule has 3 rings (SSSR count). The van der Waals surface area contributed by atoms with Gasteiger partial charge in [0, 0.05) is 34.7 Å². The van der Waals surface area contributed by atoms with Crippen molar-refractivity contribution in [3.63, 3.8) is 0 Å². The summed E-state index contributed by atoms with van der Waals surface area (Å²) in [6.07, 6.45) is 3.76. The molecule has 2 heterocycles. The summed E-state index contributed by atoms with van der Waals surface area (Å²) in [5, 5.41) is 1.13. The molecule has 0 aliphatic rings. The van der Waals surface area contributed by atoms with Crippen molar-refractivity contribution in [3.8, 4) is 17.0 Å². The molecule has 18 heavy (non-hydrogen) atoms. The molecule has 0 bridgehead atoms. The van der Waals surface area contributed by atoms with E-state index in [4.69, 9.17) is 10.5 Å². The van der Waals surface area contributed by atoms with Gasteiger partial charge >= 0.3 is 0 Å². The highest BCUT2D eigenvalue weighted by Gasteiger charge is 2.10. The summed E-state index contributed by atoms with van der Waals surface area (Å²) in [5.74, 6) is 0.876. The number of nitrogens with one attached hydrogen (secondary N) is 2. The van der Waals surface area contributed by atoms with Crippen LogP contribution in [0.4, 0.5) is 5.69 Å². The summed E-state index contributed by atoms with van der Waals surface area (Å²) >= 11 is 0. The van der Waals surface area contributed by atoms with E-state index < -0.39 is 0 Å². The quantitative estimate of drug-likeness (QED) is 0.659. The number of fused-ring (bicyclic) bond motifs is 1. The van der Waals surface area contributed by atoms with E-state index in [2.05, 4.69) is 16.0 Å². The van der Waals surface area contributed by atoms with Crippen LogP contribution in [-0.2, 0) is 0 Å². The maximum atomic E-state index is 5.74. The predicted octanol–water partition coefficient (Wildman–Crippen LogP) is 3.14. The van der Waals surface area contributed by atoms with Crippen LogP contribution in [-0.4, -0.2) is 16.6 Å². The Bertz CT molecular complexity index is 681. The first-order valence-electron chi connectivity index (χ1n) is 5.96. The van der Waals surface area contributed by atoms with Crippen molar-refractivity contribution < 1.29 is 4.74 Å². The Hall–Kier alpha value is -2.36. The number of benzene rings is 1. The van der Waals surface area contributed by atoms with Crippen LogP contribution in [0.1, 0.15) is 6.92 Å². The molecule has 2 aromatic heterocycles. The maximum Gasteiger partial charge on any atom is 0.143 e. The van der Waals surface area contributed by atoms with Crippen molar-refractivity contribution in [1.29, 1.82) is 0 Å². The van der Waals surface area contributed by atoms with Gasteiger partial charge in [0.2, 0.25) is 0 Å². The molecule has 0 aliphatic carbocycles. The second-order valence-electron chi connectivity index (χ2n) is 4.16. The number of nitrogen functional groups attached to an aromatic ring is 1. The van der Waals surface area contributed by atoms with E-state index in [1.54, 1.807) is 6.20 Å². The highest BCUT2D eigenvalue weighted by atomic mass is 16.5. The lowest BCUT2D eigenvalue weighted by Gasteiger charge is -2.04. The van der Waals surface area contributed by atoms with Crippen molar-refractivity contribution in [1.82, 2.24) is 9.97 Å². The summed E-state index contributed by atoms with van der Waals surface area (Å²) in [6, 6.07) is 7.96. The minimum absolute atomic E-state index is 0.656. The van der Waals surface area contributed by atoms with Crippen LogP contribution in [0.15, 0.2) is 36.7 Å². The van der Waals surface area contributed by atoms with Gasteiger partial charge in [0.05, 0.1) is 12.1 Å². The van der Waals surface area contributed by atoms with Gasteiger partial charge < -0.3 is 20.4 Å². The highest BCUT2D eigenvalue weighted by Crippen LogP contribution is 2.33. The van der Waals surface area contributed by atoms with E-state index in [0.29, 0.717) is 6.61 Å². The first kappa shape index (κ1) is 10.8. The molecule has 0 fully saturated rings. The molecule has 0 saturated heterocycles. The third-order valence-corrected chi connectivity index (χ3v) is 2.97. The molecule has 0 unspecified atom stereocenters. The fraction of sp³-hybridized carbons (Fsp3) is 0.143. The Kier molecular flexibility index (Phi) is 2.48. The molecular formula is C14H15N3O. The van der Waals surface area contributed by atoms with Crippen molar-refractivity contribution in [2.24, 2.45) is 0 Å². The molecule has 4 heteroatoms. The SMILES string of the molecule is CCOc1cccc2c(-c3cc(N)c[nH]3)c[nH]c12. The number of rotatable bonds is 3. The van der Waals surface area contributed by atoms with Gasteiger partial charge in [-0.25, -0.2) is 0 Å². The van der Waals surface area contributed by atoms with E-state index >= 15 is 0 Å². The van der Waals surface area contributed by atoms with Crippen LogP contribution in [0, 0.1) is 0 Å². The number of anilines is 1. The van der Waals surface area contributed by atoms with Crippen molar-refractivity contribution in [2.45, 2.75) is 6.92 Å². The number of ether oxygens (including phenoxy) is 1. The summed E-state index contributed by atoms with van der Waals surface area (Å²) in [4.78, 5) is 6.43. The van der Waals surface area contributed by atoms with Crippen LogP contribution in [0.5, 0.6) is 5.75 Å². The molecule has 0 amide bonds. The standard InChI is InChI=1S/C14H15N3O/c1-2-18-13-5-3-4-10-11(8-17-14(10)13)12-6-9(15)7-16-12/h3-8,16-17H,2,15H2,1H3. The molecule has 0 saturated carbocycles. The zero-order chi connectivity index (χ0) is 12.5. The van der Waals surface area contributed by atoms with E-state index in [1.165, 1.54) is 0 Å². The van der Waals surface area contributed by atoms with Crippen LogP contribution < -0.4 is 10.5 Å². The number of nitrogens with two attached hydrogens (primary N) is 1. The van der Waals surface area contributed by atoms with Gasteiger partial charge in [-0.15, -0.1) is 0 Å². The molecule has 0 aliphatic heterocycles. The third kappa shape index (κ3) is 1.62. The lowest BCUT2D eigenvalue weighted by Crippen LogP contribution is -1.91. The molecule has 3 aromatic rings. The molecule has 92 valence electrons.